The predicted octanol–water partition coefficient (Wildman–Crippen LogP) is 3.62. The minimum Gasteiger partial charge on any atom is -0.305 e. The van der Waals surface area contributed by atoms with Crippen molar-refractivity contribution in [3.63, 3.8) is 0 Å². The van der Waals surface area contributed by atoms with Gasteiger partial charge in [0.05, 0.1) is 0 Å². The number of rotatable bonds is 4. The van der Waals surface area contributed by atoms with Crippen LogP contribution in [0.2, 0.25) is 0 Å². The van der Waals surface area contributed by atoms with E-state index in [4.69, 9.17) is 0 Å². The zero-order valence-corrected chi connectivity index (χ0v) is 11.7. The summed E-state index contributed by atoms with van der Waals surface area (Å²) in [5.74, 6) is 0.105. The van der Waals surface area contributed by atoms with Crippen molar-refractivity contribution in [2.24, 2.45) is 0 Å². The predicted molar refractivity (Wildman–Crippen MR) is 79.3 cm³/mol. The lowest BCUT2D eigenvalue weighted by Gasteiger charge is -2.10. The second-order valence-electron chi connectivity index (χ2n) is 5.07. The lowest BCUT2D eigenvalue weighted by Crippen LogP contribution is -2.10. The first-order valence-electron chi connectivity index (χ1n) is 6.41. The molecule has 0 saturated carbocycles. The number of carbonyl (C=O) groups excluding carboxylic acids is 1. The van der Waals surface area contributed by atoms with E-state index >= 15 is 0 Å². The second kappa shape index (κ2) is 5.81. The van der Waals surface area contributed by atoms with Crippen molar-refractivity contribution in [2.45, 2.75) is 13.5 Å². The molecule has 19 heavy (non-hydrogen) atoms. The molecule has 0 atom stereocenters. The Bertz CT molecular complexity index is 553. The SMILES string of the molecule is CC(=O)c1ccc(-c2ccc(CN(C)C)cc2)cc1. The number of ketones is 1. The molecular weight excluding hydrogens is 234 g/mol. The first kappa shape index (κ1) is 13.5. The van der Waals surface area contributed by atoms with E-state index in [0.717, 1.165) is 17.7 Å². The van der Waals surface area contributed by atoms with Crippen LogP contribution < -0.4 is 0 Å². The zero-order chi connectivity index (χ0) is 13.8. The Morgan fingerprint density at radius 2 is 1.37 bits per heavy atom. The van der Waals surface area contributed by atoms with Crippen molar-refractivity contribution in [1.29, 1.82) is 0 Å². The van der Waals surface area contributed by atoms with Gasteiger partial charge in [-0.3, -0.25) is 4.79 Å². The number of benzene rings is 2. The fourth-order valence-corrected chi connectivity index (χ4v) is 2.07. The van der Waals surface area contributed by atoms with Crippen LogP contribution in [0.1, 0.15) is 22.8 Å². The fourth-order valence-electron chi connectivity index (χ4n) is 2.07. The molecule has 0 N–H and O–H groups in total. The molecule has 2 aromatic carbocycles. The highest BCUT2D eigenvalue weighted by molar-refractivity contribution is 5.94. The number of hydrogen-bond donors (Lipinski definition) is 0. The van der Waals surface area contributed by atoms with E-state index < -0.39 is 0 Å². The highest BCUT2D eigenvalue weighted by Gasteiger charge is 2.02. The highest BCUT2D eigenvalue weighted by Crippen LogP contribution is 2.20. The maximum absolute atomic E-state index is 11.2. The highest BCUT2D eigenvalue weighted by atomic mass is 16.1. The second-order valence-corrected chi connectivity index (χ2v) is 5.07. The average molecular weight is 253 g/mol. The first-order valence-corrected chi connectivity index (χ1v) is 6.41. The Morgan fingerprint density at radius 1 is 0.895 bits per heavy atom. The van der Waals surface area contributed by atoms with E-state index in [0.29, 0.717) is 0 Å². The van der Waals surface area contributed by atoms with Gasteiger partial charge in [-0.05, 0) is 37.7 Å². The van der Waals surface area contributed by atoms with Crippen LogP contribution in [0, 0.1) is 0 Å². The normalized spacial score (nSPS) is 10.7. The van der Waals surface area contributed by atoms with Crippen molar-refractivity contribution >= 4 is 5.78 Å². The van der Waals surface area contributed by atoms with Gasteiger partial charge >= 0.3 is 0 Å². The van der Waals surface area contributed by atoms with E-state index in [-0.39, 0.29) is 5.78 Å². The summed E-state index contributed by atoms with van der Waals surface area (Å²) in [6.45, 7) is 2.54. The Kier molecular flexibility index (Phi) is 4.13. The van der Waals surface area contributed by atoms with Gasteiger partial charge in [-0.25, -0.2) is 0 Å². The maximum Gasteiger partial charge on any atom is 0.159 e. The molecule has 0 radical (unpaired) electrons. The molecule has 0 aromatic heterocycles. The standard InChI is InChI=1S/C17H19NO/c1-13(19)15-8-10-17(11-9-15)16-6-4-14(5-7-16)12-18(2)3/h4-11H,12H2,1-3H3. The van der Waals surface area contributed by atoms with Gasteiger partial charge in [-0.2, -0.15) is 0 Å². The van der Waals surface area contributed by atoms with Crippen LogP contribution in [0.5, 0.6) is 0 Å². The van der Waals surface area contributed by atoms with E-state index in [2.05, 4.69) is 43.3 Å². The summed E-state index contributed by atoms with van der Waals surface area (Å²) >= 11 is 0. The van der Waals surface area contributed by atoms with E-state index in [9.17, 15) is 4.79 Å². The van der Waals surface area contributed by atoms with Gasteiger partial charge in [0.25, 0.3) is 0 Å². The van der Waals surface area contributed by atoms with Crippen LogP contribution in [0.4, 0.5) is 0 Å². The summed E-state index contributed by atoms with van der Waals surface area (Å²) in [5.41, 5.74) is 4.38. The van der Waals surface area contributed by atoms with E-state index in [1.165, 1.54) is 11.1 Å². The van der Waals surface area contributed by atoms with Gasteiger partial charge in [-0.1, -0.05) is 48.5 Å². The monoisotopic (exact) mass is 253 g/mol. The third-order valence-corrected chi connectivity index (χ3v) is 3.08. The summed E-state index contributed by atoms with van der Waals surface area (Å²) in [7, 11) is 4.13. The van der Waals surface area contributed by atoms with Crippen LogP contribution in [-0.2, 0) is 6.54 Å². The molecule has 0 amide bonds. The first-order chi connectivity index (χ1) is 9.06. The van der Waals surface area contributed by atoms with E-state index in [1.54, 1.807) is 6.92 Å². The largest absolute Gasteiger partial charge is 0.305 e. The molecule has 0 spiro atoms. The maximum atomic E-state index is 11.2. The minimum atomic E-state index is 0.105. The summed E-state index contributed by atoms with van der Waals surface area (Å²) in [6, 6.07) is 16.3. The third kappa shape index (κ3) is 3.52. The number of hydrogen-bond acceptors (Lipinski definition) is 2. The van der Waals surface area contributed by atoms with Gasteiger partial charge in [-0.15, -0.1) is 0 Å². The lowest BCUT2D eigenvalue weighted by atomic mass is 10.0. The Balaban J connectivity index is 2.19. The van der Waals surface area contributed by atoms with Gasteiger partial charge in [0.1, 0.15) is 0 Å². The van der Waals surface area contributed by atoms with Crippen LogP contribution in [0.3, 0.4) is 0 Å². The molecule has 0 unspecified atom stereocenters. The van der Waals surface area contributed by atoms with Gasteiger partial charge < -0.3 is 4.90 Å². The molecule has 0 aliphatic carbocycles. The van der Waals surface area contributed by atoms with Gasteiger partial charge in [0.15, 0.2) is 5.78 Å². The van der Waals surface area contributed by atoms with Gasteiger partial charge in [0, 0.05) is 12.1 Å². The quantitative estimate of drug-likeness (QED) is 0.776. The molecule has 0 aliphatic rings. The van der Waals surface area contributed by atoms with Crippen molar-refractivity contribution < 1.29 is 4.79 Å². The third-order valence-electron chi connectivity index (χ3n) is 3.08. The summed E-state index contributed by atoms with van der Waals surface area (Å²) in [5, 5.41) is 0. The van der Waals surface area contributed by atoms with Crippen molar-refractivity contribution in [1.82, 2.24) is 4.90 Å². The minimum absolute atomic E-state index is 0.105. The van der Waals surface area contributed by atoms with Crippen LogP contribution in [0.25, 0.3) is 11.1 Å². The lowest BCUT2D eigenvalue weighted by molar-refractivity contribution is 0.101. The summed E-state index contributed by atoms with van der Waals surface area (Å²) in [6.07, 6.45) is 0. The molecule has 98 valence electrons. The molecule has 2 aromatic rings. The molecule has 0 fully saturated rings. The van der Waals surface area contributed by atoms with Crippen molar-refractivity contribution in [2.75, 3.05) is 14.1 Å². The fraction of sp³-hybridized carbons (Fsp3) is 0.235. The van der Waals surface area contributed by atoms with Crippen molar-refractivity contribution in [3.05, 3.63) is 59.7 Å². The van der Waals surface area contributed by atoms with Crippen LogP contribution in [0.15, 0.2) is 48.5 Å². The average Bonchev–Trinajstić information content (AvgIpc) is 2.39. The van der Waals surface area contributed by atoms with Crippen LogP contribution in [-0.4, -0.2) is 24.8 Å². The molecule has 2 rings (SSSR count). The van der Waals surface area contributed by atoms with Gasteiger partial charge in [0.2, 0.25) is 0 Å². The Hall–Kier alpha value is -1.93. The zero-order valence-electron chi connectivity index (χ0n) is 11.7. The molecule has 0 bridgehead atoms. The van der Waals surface area contributed by atoms with E-state index in [1.807, 2.05) is 24.3 Å². The molecule has 2 heteroatoms. The summed E-state index contributed by atoms with van der Waals surface area (Å²) < 4.78 is 0. The Labute approximate surface area is 114 Å². The topological polar surface area (TPSA) is 20.3 Å². The smallest absolute Gasteiger partial charge is 0.159 e. The number of carbonyl (C=O) groups is 1. The van der Waals surface area contributed by atoms with Crippen LogP contribution >= 0.6 is 0 Å². The molecule has 0 heterocycles. The summed E-state index contributed by atoms with van der Waals surface area (Å²) in [4.78, 5) is 13.4. The molecule has 0 aliphatic heterocycles. The number of nitrogens with zero attached hydrogens (tertiary/aromatic N) is 1. The Morgan fingerprint density at radius 3 is 1.79 bits per heavy atom. The molecular formula is C17H19NO. The van der Waals surface area contributed by atoms with Crippen molar-refractivity contribution in [3.8, 4) is 11.1 Å². The number of Topliss-reactive ketones (excluding diaryl/α,β-unsaturated/α-hetero) is 1. The molecule has 0 saturated heterocycles. The molecule has 2 nitrogen and oxygen atoms in total.